The van der Waals surface area contributed by atoms with E-state index in [-0.39, 0.29) is 38.7 Å². The Morgan fingerprint density at radius 3 is 2.36 bits per heavy atom. The van der Waals surface area contributed by atoms with Gasteiger partial charge in [0.1, 0.15) is 11.6 Å². The molecule has 10 heteroatoms. The zero-order valence-corrected chi connectivity index (χ0v) is 20.1. The molecule has 0 saturated heterocycles. The van der Waals surface area contributed by atoms with Crippen molar-refractivity contribution in [2.75, 3.05) is 10.6 Å². The van der Waals surface area contributed by atoms with Crippen molar-refractivity contribution in [3.05, 3.63) is 110 Å². The lowest BCUT2D eigenvalue weighted by Crippen LogP contribution is -2.15. The second-order valence-electron chi connectivity index (χ2n) is 7.76. The zero-order chi connectivity index (χ0) is 26.0. The monoisotopic (exact) mass is 526 g/mol. The standard InChI is InChI=1S/C26H17ClF2N2O4S/c1-13-2-3-14(25(33)31-23-12-36-11-19(23)26(34)35)8-18(13)24(32)17-6-5-16(10-20(17)27)30-22-7-4-15(28)9-21(22)29/h2-12,30H,1H3,(H,31,33)(H,34,35). The minimum atomic E-state index is -1.17. The van der Waals surface area contributed by atoms with Crippen LogP contribution in [0.4, 0.5) is 25.8 Å². The maximum absolute atomic E-state index is 13.9. The number of thiophene rings is 1. The molecule has 0 spiro atoms. The average molecular weight is 527 g/mol. The highest BCUT2D eigenvalue weighted by molar-refractivity contribution is 7.08. The van der Waals surface area contributed by atoms with Gasteiger partial charge >= 0.3 is 5.97 Å². The van der Waals surface area contributed by atoms with Crippen LogP contribution in [0.25, 0.3) is 0 Å². The Kier molecular flexibility index (Phi) is 7.14. The SMILES string of the molecule is Cc1ccc(C(=O)Nc2cscc2C(=O)O)cc1C(=O)c1ccc(Nc2ccc(F)cc2F)cc1Cl. The predicted molar refractivity (Wildman–Crippen MR) is 135 cm³/mol. The van der Waals surface area contributed by atoms with Crippen LogP contribution < -0.4 is 10.6 Å². The number of benzene rings is 3. The van der Waals surface area contributed by atoms with Crippen molar-refractivity contribution in [3.63, 3.8) is 0 Å². The molecule has 4 rings (SSSR count). The fourth-order valence-electron chi connectivity index (χ4n) is 3.43. The minimum Gasteiger partial charge on any atom is -0.478 e. The summed E-state index contributed by atoms with van der Waals surface area (Å²) >= 11 is 7.49. The molecule has 0 fully saturated rings. The van der Waals surface area contributed by atoms with E-state index in [4.69, 9.17) is 11.6 Å². The number of carboxylic acids is 1. The Hall–Kier alpha value is -4.08. The molecule has 1 heterocycles. The van der Waals surface area contributed by atoms with E-state index in [1.807, 2.05) is 0 Å². The first-order valence-electron chi connectivity index (χ1n) is 10.4. The lowest BCUT2D eigenvalue weighted by atomic mass is 9.96. The molecule has 0 aliphatic heterocycles. The van der Waals surface area contributed by atoms with Crippen molar-refractivity contribution in [2.24, 2.45) is 0 Å². The molecule has 0 aliphatic rings. The van der Waals surface area contributed by atoms with Crippen molar-refractivity contribution in [2.45, 2.75) is 6.92 Å². The van der Waals surface area contributed by atoms with Crippen LogP contribution in [0.5, 0.6) is 0 Å². The number of aryl methyl sites for hydroxylation is 1. The Bertz CT molecular complexity index is 1520. The third kappa shape index (κ3) is 5.27. The molecular weight excluding hydrogens is 510 g/mol. The van der Waals surface area contributed by atoms with Gasteiger partial charge in [-0.3, -0.25) is 9.59 Å². The molecule has 0 aliphatic carbocycles. The van der Waals surface area contributed by atoms with E-state index in [0.29, 0.717) is 11.3 Å². The summed E-state index contributed by atoms with van der Waals surface area (Å²) in [5, 5.41) is 17.6. The number of hydrogen-bond acceptors (Lipinski definition) is 5. The number of anilines is 3. The van der Waals surface area contributed by atoms with Crippen LogP contribution in [0.2, 0.25) is 5.02 Å². The number of amides is 1. The van der Waals surface area contributed by atoms with Crippen molar-refractivity contribution in [1.29, 1.82) is 0 Å². The summed E-state index contributed by atoms with van der Waals surface area (Å²) in [7, 11) is 0. The van der Waals surface area contributed by atoms with Crippen molar-refractivity contribution in [1.82, 2.24) is 0 Å². The molecule has 6 nitrogen and oxygen atoms in total. The number of aromatic carboxylic acids is 1. The Labute approximate surface area is 213 Å². The van der Waals surface area contributed by atoms with Crippen LogP contribution in [-0.2, 0) is 0 Å². The molecular formula is C26H17ClF2N2O4S. The zero-order valence-electron chi connectivity index (χ0n) is 18.6. The first-order valence-corrected chi connectivity index (χ1v) is 11.7. The number of carbonyl (C=O) groups is 3. The van der Waals surface area contributed by atoms with Gasteiger partial charge < -0.3 is 15.7 Å². The Morgan fingerprint density at radius 2 is 1.67 bits per heavy atom. The van der Waals surface area contributed by atoms with Crippen molar-refractivity contribution >= 4 is 57.7 Å². The third-order valence-corrected chi connectivity index (χ3v) is 6.37. The molecule has 36 heavy (non-hydrogen) atoms. The average Bonchev–Trinajstić information content (AvgIpc) is 3.29. The van der Waals surface area contributed by atoms with Gasteiger partial charge in [0, 0.05) is 39.2 Å². The quantitative estimate of drug-likeness (QED) is 0.227. The smallest absolute Gasteiger partial charge is 0.338 e. The number of carboxylic acid groups (broad SMARTS) is 1. The molecule has 0 saturated carbocycles. The number of hydrogen-bond donors (Lipinski definition) is 3. The van der Waals surface area contributed by atoms with E-state index in [2.05, 4.69) is 10.6 Å². The van der Waals surface area contributed by atoms with Gasteiger partial charge in [0.25, 0.3) is 5.91 Å². The Morgan fingerprint density at radius 1 is 0.889 bits per heavy atom. The maximum Gasteiger partial charge on any atom is 0.338 e. The van der Waals surface area contributed by atoms with Gasteiger partial charge in [-0.2, -0.15) is 0 Å². The van der Waals surface area contributed by atoms with Gasteiger partial charge in [0.05, 0.1) is 22.0 Å². The van der Waals surface area contributed by atoms with Crippen LogP contribution in [-0.4, -0.2) is 22.8 Å². The van der Waals surface area contributed by atoms with Crippen LogP contribution in [0, 0.1) is 18.6 Å². The number of carbonyl (C=O) groups excluding carboxylic acids is 2. The summed E-state index contributed by atoms with van der Waals surface area (Å²) in [6.07, 6.45) is 0. The summed E-state index contributed by atoms with van der Waals surface area (Å²) in [6.45, 7) is 1.71. The fourth-order valence-corrected chi connectivity index (χ4v) is 4.45. The van der Waals surface area contributed by atoms with Gasteiger partial charge in [-0.25, -0.2) is 13.6 Å². The topological polar surface area (TPSA) is 95.5 Å². The maximum atomic E-state index is 13.9. The van der Waals surface area contributed by atoms with Gasteiger partial charge in [-0.15, -0.1) is 11.3 Å². The van der Waals surface area contributed by atoms with E-state index >= 15 is 0 Å². The Balaban J connectivity index is 1.57. The fraction of sp³-hybridized carbons (Fsp3) is 0.0385. The molecule has 4 aromatic rings. The van der Waals surface area contributed by atoms with Gasteiger partial charge in [0.2, 0.25) is 0 Å². The highest BCUT2D eigenvalue weighted by atomic mass is 35.5. The van der Waals surface area contributed by atoms with Gasteiger partial charge in [-0.1, -0.05) is 17.7 Å². The predicted octanol–water partition coefficient (Wildman–Crippen LogP) is 6.91. The second kappa shape index (κ2) is 10.3. The van der Waals surface area contributed by atoms with Crippen LogP contribution in [0.3, 0.4) is 0 Å². The summed E-state index contributed by atoms with van der Waals surface area (Å²) in [4.78, 5) is 37.3. The molecule has 1 aromatic heterocycles. The molecule has 1 amide bonds. The van der Waals surface area contributed by atoms with Gasteiger partial charge in [-0.05, 0) is 55.0 Å². The minimum absolute atomic E-state index is 0.0299. The largest absolute Gasteiger partial charge is 0.478 e. The first-order chi connectivity index (χ1) is 17.1. The summed E-state index contributed by atoms with van der Waals surface area (Å²) < 4.78 is 27.1. The highest BCUT2D eigenvalue weighted by Gasteiger charge is 2.20. The van der Waals surface area contributed by atoms with E-state index in [1.165, 1.54) is 47.2 Å². The van der Waals surface area contributed by atoms with Crippen molar-refractivity contribution < 1.29 is 28.3 Å². The number of ketones is 1. The van der Waals surface area contributed by atoms with Crippen LogP contribution in [0.15, 0.2) is 65.4 Å². The lowest BCUT2D eigenvalue weighted by Gasteiger charge is -2.12. The molecule has 182 valence electrons. The van der Waals surface area contributed by atoms with E-state index in [9.17, 15) is 28.3 Å². The number of nitrogens with one attached hydrogen (secondary N) is 2. The first kappa shape index (κ1) is 25.0. The van der Waals surface area contributed by atoms with Crippen LogP contribution in [0.1, 0.15) is 42.2 Å². The molecule has 3 aromatic carbocycles. The van der Waals surface area contributed by atoms with E-state index < -0.39 is 29.3 Å². The molecule has 0 radical (unpaired) electrons. The number of halogens is 3. The summed E-state index contributed by atoms with van der Waals surface area (Å²) in [6, 6.07) is 12.1. The number of rotatable bonds is 7. The molecule has 0 unspecified atom stereocenters. The van der Waals surface area contributed by atoms with Crippen LogP contribution >= 0.6 is 22.9 Å². The third-order valence-electron chi connectivity index (χ3n) is 5.31. The summed E-state index contributed by atoms with van der Waals surface area (Å²) in [5.41, 5.74) is 1.71. The normalized spacial score (nSPS) is 10.7. The van der Waals surface area contributed by atoms with Gasteiger partial charge in [0.15, 0.2) is 5.78 Å². The highest BCUT2D eigenvalue weighted by Crippen LogP contribution is 2.28. The second-order valence-corrected chi connectivity index (χ2v) is 8.91. The molecule has 0 bridgehead atoms. The van der Waals surface area contributed by atoms with Crippen molar-refractivity contribution in [3.8, 4) is 0 Å². The summed E-state index contributed by atoms with van der Waals surface area (Å²) in [5.74, 6) is -3.66. The molecule has 0 atom stereocenters. The van der Waals surface area contributed by atoms with E-state index in [1.54, 1.807) is 13.0 Å². The van der Waals surface area contributed by atoms with E-state index in [0.717, 1.165) is 23.5 Å². The molecule has 3 N–H and O–H groups in total. The lowest BCUT2D eigenvalue weighted by molar-refractivity contribution is 0.0698.